The maximum Gasteiger partial charge on any atom is 0.339 e. The average molecular weight is 670 g/mol. The number of benzene rings is 3. The van der Waals surface area contributed by atoms with E-state index < -0.39 is 26.2 Å². The first-order chi connectivity index (χ1) is 19.0. The molecule has 208 valence electrons. The minimum atomic E-state index is -4.38. The molecule has 0 saturated carbocycles. The number of methoxy groups -OCH3 is 1. The summed E-state index contributed by atoms with van der Waals surface area (Å²) in [6.07, 6.45) is 1.46. The summed E-state index contributed by atoms with van der Waals surface area (Å²) in [5.41, 5.74) is 0.140. The number of nitrogens with zero attached hydrogens (tertiary/aromatic N) is 2. The van der Waals surface area contributed by atoms with E-state index in [2.05, 4.69) is 15.9 Å². The number of halogens is 2. The van der Waals surface area contributed by atoms with Crippen molar-refractivity contribution in [1.29, 1.82) is 0 Å². The molecule has 1 heterocycles. The number of imide groups is 1. The minimum Gasteiger partial charge on any atom is -0.493 e. The van der Waals surface area contributed by atoms with Gasteiger partial charge in [-0.25, -0.2) is 0 Å². The zero-order valence-corrected chi connectivity index (χ0v) is 24.4. The predicted molar refractivity (Wildman–Crippen MR) is 151 cm³/mol. The molecule has 1 aliphatic rings. The van der Waals surface area contributed by atoms with Crippen LogP contribution in [0.4, 0.5) is 10.5 Å². The number of para-hydroxylation sites is 1. The van der Waals surface area contributed by atoms with Crippen molar-refractivity contribution in [3.8, 4) is 17.2 Å². The van der Waals surface area contributed by atoms with Gasteiger partial charge in [-0.05, 0) is 75.7 Å². The van der Waals surface area contributed by atoms with Gasteiger partial charge in [0.05, 0.1) is 33.0 Å². The highest BCUT2D eigenvalue weighted by Gasteiger charge is 2.35. The second-order valence-corrected chi connectivity index (χ2v) is 11.7. The molecule has 0 aliphatic carbocycles. The first-order valence-electron chi connectivity index (χ1n) is 11.2. The SMILES string of the molecule is COc1cc(/C=C2\SC(=O)N(CCOc3ccccc3Cl)C2=O)cc(Br)c1OS(=O)(=O)c1ccc([N+](=O)[O-])cc1. The van der Waals surface area contributed by atoms with Crippen LogP contribution in [-0.4, -0.2) is 49.6 Å². The molecule has 1 aliphatic heterocycles. The van der Waals surface area contributed by atoms with Crippen LogP contribution in [0.25, 0.3) is 6.08 Å². The highest BCUT2D eigenvalue weighted by Crippen LogP contribution is 2.40. The third-order valence-electron chi connectivity index (χ3n) is 5.36. The molecule has 40 heavy (non-hydrogen) atoms. The third kappa shape index (κ3) is 6.58. The Hall–Kier alpha value is -3.59. The molecule has 0 atom stereocenters. The molecule has 2 amide bonds. The van der Waals surface area contributed by atoms with Crippen LogP contribution in [0.3, 0.4) is 0 Å². The molecule has 0 radical (unpaired) electrons. The quantitative estimate of drug-likeness (QED) is 0.111. The number of thioether (sulfide) groups is 1. The number of carbonyl (C=O) groups is 2. The van der Waals surface area contributed by atoms with Gasteiger partial charge in [-0.15, -0.1) is 0 Å². The predicted octanol–water partition coefficient (Wildman–Crippen LogP) is 5.90. The van der Waals surface area contributed by atoms with Crippen molar-refractivity contribution in [3.63, 3.8) is 0 Å². The Bertz CT molecular complexity index is 1630. The fourth-order valence-corrected chi connectivity index (χ4v) is 6.11. The maximum absolute atomic E-state index is 12.9. The number of rotatable bonds is 10. The van der Waals surface area contributed by atoms with E-state index in [1.54, 1.807) is 24.3 Å². The maximum atomic E-state index is 12.9. The van der Waals surface area contributed by atoms with E-state index in [4.69, 9.17) is 25.3 Å². The van der Waals surface area contributed by atoms with Crippen molar-refractivity contribution in [2.24, 2.45) is 0 Å². The van der Waals surface area contributed by atoms with Crippen LogP contribution in [0.2, 0.25) is 5.02 Å². The van der Waals surface area contributed by atoms with Gasteiger partial charge < -0.3 is 13.7 Å². The third-order valence-corrected chi connectivity index (χ3v) is 8.41. The topological polar surface area (TPSA) is 142 Å². The second-order valence-electron chi connectivity index (χ2n) is 7.93. The first-order valence-corrected chi connectivity index (χ1v) is 14.6. The van der Waals surface area contributed by atoms with Crippen LogP contribution < -0.4 is 13.7 Å². The van der Waals surface area contributed by atoms with E-state index in [1.807, 2.05) is 0 Å². The van der Waals surface area contributed by atoms with Crippen molar-refractivity contribution in [1.82, 2.24) is 4.90 Å². The number of nitro benzene ring substituents is 1. The largest absolute Gasteiger partial charge is 0.493 e. The molecule has 0 N–H and O–H groups in total. The molecule has 0 spiro atoms. The fraction of sp³-hybridized carbons (Fsp3) is 0.120. The Kier molecular flexibility index (Phi) is 9.03. The van der Waals surface area contributed by atoms with Gasteiger partial charge >= 0.3 is 10.1 Å². The van der Waals surface area contributed by atoms with Crippen molar-refractivity contribution < 1.29 is 36.6 Å². The summed E-state index contributed by atoms with van der Waals surface area (Å²) in [5.74, 6) is -0.253. The number of carbonyl (C=O) groups excluding carboxylic acids is 2. The standard InChI is InChI=1S/C25H18BrClN2O9S2/c1-36-21-13-15(12-18(26)23(21)38-40(34,35)17-8-6-16(7-9-17)29(32)33)14-22-24(30)28(25(31)39-22)10-11-37-20-5-3-2-4-19(20)27/h2-9,12-14H,10-11H2,1H3/b22-14-. The lowest BCUT2D eigenvalue weighted by Gasteiger charge is -2.14. The Labute approximate surface area is 246 Å². The summed E-state index contributed by atoms with van der Waals surface area (Å²) in [6.45, 7) is 0.0528. The number of nitro groups is 1. The van der Waals surface area contributed by atoms with E-state index in [0.29, 0.717) is 16.3 Å². The van der Waals surface area contributed by atoms with Crippen LogP contribution in [-0.2, 0) is 14.9 Å². The Morgan fingerprint density at radius 2 is 1.80 bits per heavy atom. The Balaban J connectivity index is 1.50. The number of hydrogen-bond donors (Lipinski definition) is 0. The molecule has 1 fully saturated rings. The number of non-ortho nitro benzene ring substituents is 1. The Morgan fingerprint density at radius 3 is 2.45 bits per heavy atom. The van der Waals surface area contributed by atoms with Crippen molar-refractivity contribution in [2.45, 2.75) is 4.90 Å². The monoisotopic (exact) mass is 668 g/mol. The van der Waals surface area contributed by atoms with Gasteiger partial charge in [-0.2, -0.15) is 8.42 Å². The lowest BCUT2D eigenvalue weighted by molar-refractivity contribution is -0.384. The van der Waals surface area contributed by atoms with E-state index in [9.17, 15) is 28.1 Å². The van der Waals surface area contributed by atoms with Crippen LogP contribution in [0.1, 0.15) is 5.56 Å². The first kappa shape index (κ1) is 29.4. The van der Waals surface area contributed by atoms with Crippen LogP contribution in [0, 0.1) is 10.1 Å². The highest BCUT2D eigenvalue weighted by atomic mass is 79.9. The van der Waals surface area contributed by atoms with Gasteiger partial charge in [0, 0.05) is 12.1 Å². The van der Waals surface area contributed by atoms with Crippen LogP contribution >= 0.6 is 39.3 Å². The van der Waals surface area contributed by atoms with Gasteiger partial charge in [0.25, 0.3) is 16.8 Å². The van der Waals surface area contributed by atoms with Gasteiger partial charge in [0.15, 0.2) is 11.5 Å². The lowest BCUT2D eigenvalue weighted by atomic mass is 10.2. The average Bonchev–Trinajstić information content (AvgIpc) is 3.18. The normalized spacial score (nSPS) is 14.5. The lowest BCUT2D eigenvalue weighted by Crippen LogP contribution is -2.32. The summed E-state index contributed by atoms with van der Waals surface area (Å²) < 4.78 is 41.9. The molecular formula is C25H18BrClN2O9S2. The minimum absolute atomic E-state index is 0.00747. The van der Waals surface area contributed by atoms with Gasteiger partial charge in [-0.3, -0.25) is 24.6 Å². The summed E-state index contributed by atoms with van der Waals surface area (Å²) >= 11 is 10.1. The number of hydrogen-bond acceptors (Lipinski definition) is 10. The fourth-order valence-electron chi connectivity index (χ4n) is 3.45. The molecule has 0 unspecified atom stereocenters. The zero-order chi connectivity index (χ0) is 29.0. The smallest absolute Gasteiger partial charge is 0.339 e. The number of amides is 2. The van der Waals surface area contributed by atoms with Gasteiger partial charge in [0.1, 0.15) is 17.3 Å². The molecule has 15 heteroatoms. The van der Waals surface area contributed by atoms with E-state index >= 15 is 0 Å². The van der Waals surface area contributed by atoms with Crippen LogP contribution in [0.5, 0.6) is 17.2 Å². The second kappa shape index (κ2) is 12.3. The van der Waals surface area contributed by atoms with Crippen molar-refractivity contribution in [3.05, 3.63) is 90.7 Å². The highest BCUT2D eigenvalue weighted by molar-refractivity contribution is 9.10. The van der Waals surface area contributed by atoms with E-state index in [1.165, 1.54) is 25.3 Å². The molecular weight excluding hydrogens is 652 g/mol. The number of ether oxygens (including phenoxy) is 2. The molecule has 3 aromatic carbocycles. The summed E-state index contributed by atoms with van der Waals surface area (Å²) in [4.78, 5) is 36.5. The summed E-state index contributed by atoms with van der Waals surface area (Å²) in [5, 5.41) is 10.8. The Morgan fingerprint density at radius 1 is 1.10 bits per heavy atom. The van der Waals surface area contributed by atoms with Crippen molar-refractivity contribution in [2.75, 3.05) is 20.3 Å². The van der Waals surface area contributed by atoms with Gasteiger partial charge in [0.2, 0.25) is 0 Å². The molecule has 1 saturated heterocycles. The van der Waals surface area contributed by atoms with E-state index in [0.717, 1.165) is 40.9 Å². The van der Waals surface area contributed by atoms with E-state index in [-0.39, 0.29) is 44.6 Å². The summed E-state index contributed by atoms with van der Waals surface area (Å²) in [6, 6.07) is 13.9. The van der Waals surface area contributed by atoms with Gasteiger partial charge in [-0.1, -0.05) is 23.7 Å². The zero-order valence-electron chi connectivity index (χ0n) is 20.4. The molecule has 3 aromatic rings. The molecule has 0 bridgehead atoms. The van der Waals surface area contributed by atoms with Crippen LogP contribution in [0.15, 0.2) is 74.9 Å². The van der Waals surface area contributed by atoms with Crippen molar-refractivity contribution >= 4 is 72.3 Å². The molecule has 11 nitrogen and oxygen atoms in total. The molecule has 4 rings (SSSR count). The molecule has 0 aromatic heterocycles. The summed E-state index contributed by atoms with van der Waals surface area (Å²) in [7, 11) is -3.08.